The molecule has 94 valence electrons. The highest BCUT2D eigenvalue weighted by atomic mass is 16.4. The topological polar surface area (TPSA) is 66.6 Å². The minimum atomic E-state index is -0.817. The van der Waals surface area contributed by atoms with Crippen molar-refractivity contribution in [3.63, 3.8) is 0 Å². The van der Waals surface area contributed by atoms with Crippen LogP contribution in [0.15, 0.2) is 10.7 Å². The minimum absolute atomic E-state index is 0.0739. The fourth-order valence-corrected chi connectivity index (χ4v) is 2.25. The zero-order valence-electron chi connectivity index (χ0n) is 10.1. The van der Waals surface area contributed by atoms with Gasteiger partial charge in [0.05, 0.1) is 12.1 Å². The molecule has 0 spiro atoms. The largest absolute Gasteiger partial charge is 0.481 e. The lowest BCUT2D eigenvalue weighted by atomic mass is 9.96. The smallest absolute Gasteiger partial charge is 0.303 e. The molecule has 2 heterocycles. The van der Waals surface area contributed by atoms with Gasteiger partial charge in [-0.05, 0) is 26.4 Å². The third-order valence-electron chi connectivity index (χ3n) is 3.16. The first-order valence-corrected chi connectivity index (χ1v) is 6.00. The summed E-state index contributed by atoms with van der Waals surface area (Å²) < 4.78 is 5.31. The van der Waals surface area contributed by atoms with Crippen LogP contribution in [0, 0.1) is 0 Å². The average molecular weight is 238 g/mol. The van der Waals surface area contributed by atoms with Crippen LogP contribution in [0.5, 0.6) is 0 Å². The van der Waals surface area contributed by atoms with E-state index in [9.17, 15) is 4.79 Å². The van der Waals surface area contributed by atoms with Crippen molar-refractivity contribution < 1.29 is 14.3 Å². The highest BCUT2D eigenvalue weighted by Gasteiger charge is 2.21. The number of carbonyl (C=O) groups is 1. The highest BCUT2D eigenvalue weighted by molar-refractivity contribution is 5.66. The van der Waals surface area contributed by atoms with Crippen molar-refractivity contribution in [2.24, 2.45) is 0 Å². The molecule has 1 aliphatic rings. The summed E-state index contributed by atoms with van der Waals surface area (Å²) in [6, 6.07) is 0. The summed E-state index contributed by atoms with van der Waals surface area (Å²) in [6.45, 7) is 2.14. The van der Waals surface area contributed by atoms with Crippen LogP contribution in [0.4, 0.5) is 0 Å². The summed E-state index contributed by atoms with van der Waals surface area (Å²) in [5.41, 5.74) is 0.969. The molecule has 1 aliphatic heterocycles. The molecule has 1 N–H and O–H groups in total. The molecule has 5 nitrogen and oxygen atoms in total. The van der Waals surface area contributed by atoms with Crippen molar-refractivity contribution in [2.75, 3.05) is 20.1 Å². The van der Waals surface area contributed by atoms with Gasteiger partial charge in [-0.2, -0.15) is 0 Å². The molecule has 0 bridgehead atoms. The molecule has 17 heavy (non-hydrogen) atoms. The van der Waals surface area contributed by atoms with Crippen LogP contribution < -0.4 is 0 Å². The van der Waals surface area contributed by atoms with E-state index in [0.29, 0.717) is 18.2 Å². The summed E-state index contributed by atoms with van der Waals surface area (Å²) in [5, 5.41) is 8.59. The van der Waals surface area contributed by atoms with E-state index in [-0.39, 0.29) is 6.42 Å². The Labute approximate surface area is 100 Å². The van der Waals surface area contributed by atoms with E-state index in [2.05, 4.69) is 16.9 Å². The minimum Gasteiger partial charge on any atom is -0.481 e. The Kier molecular flexibility index (Phi) is 3.78. The molecule has 1 unspecified atom stereocenters. The van der Waals surface area contributed by atoms with E-state index >= 15 is 0 Å². The van der Waals surface area contributed by atoms with E-state index < -0.39 is 5.97 Å². The molecule has 5 heteroatoms. The van der Waals surface area contributed by atoms with Gasteiger partial charge in [0, 0.05) is 18.9 Å². The van der Waals surface area contributed by atoms with Crippen molar-refractivity contribution in [1.29, 1.82) is 0 Å². The number of carboxylic acid groups (broad SMARTS) is 1. The van der Waals surface area contributed by atoms with Crippen molar-refractivity contribution in [1.82, 2.24) is 9.88 Å². The third-order valence-corrected chi connectivity index (χ3v) is 3.16. The number of rotatable bonds is 4. The van der Waals surface area contributed by atoms with Gasteiger partial charge in [-0.1, -0.05) is 0 Å². The summed E-state index contributed by atoms with van der Waals surface area (Å²) in [7, 11) is 2.11. The van der Waals surface area contributed by atoms with Crippen LogP contribution >= 0.6 is 0 Å². The maximum atomic E-state index is 10.4. The van der Waals surface area contributed by atoms with Crippen LogP contribution in [0.3, 0.4) is 0 Å². The number of aryl methyl sites for hydroxylation is 1. The summed E-state index contributed by atoms with van der Waals surface area (Å²) in [5.74, 6) is 0.147. The number of likely N-dealkylation sites (N-methyl/N-ethyl adjacent to an activating group) is 1. The lowest BCUT2D eigenvalue weighted by Gasteiger charge is -2.28. The Hall–Kier alpha value is -1.36. The predicted octanol–water partition coefficient (Wildman–Crippen LogP) is 1.50. The fourth-order valence-electron chi connectivity index (χ4n) is 2.25. The summed E-state index contributed by atoms with van der Waals surface area (Å²) in [4.78, 5) is 17.1. The Bertz CT molecular complexity index is 389. The summed E-state index contributed by atoms with van der Waals surface area (Å²) in [6.07, 6.45) is 4.44. The standard InChI is InChI=1S/C12H18N2O3/c1-14-6-2-3-9(7-14)10-8-17-11(13-10)4-5-12(15)16/h8-9H,2-7H2,1H3,(H,15,16). The van der Waals surface area contributed by atoms with E-state index in [1.54, 1.807) is 6.26 Å². The molecule has 1 saturated heterocycles. The molecule has 0 saturated carbocycles. The van der Waals surface area contributed by atoms with Crippen LogP contribution in [-0.2, 0) is 11.2 Å². The number of likely N-dealkylation sites (tertiary alicyclic amines) is 1. The number of aliphatic carboxylic acids is 1. The second kappa shape index (κ2) is 5.31. The Morgan fingerprint density at radius 1 is 1.71 bits per heavy atom. The fraction of sp³-hybridized carbons (Fsp3) is 0.667. The first-order chi connectivity index (χ1) is 8.15. The van der Waals surface area contributed by atoms with Gasteiger partial charge in [0.25, 0.3) is 0 Å². The van der Waals surface area contributed by atoms with Gasteiger partial charge in [0.1, 0.15) is 6.26 Å². The van der Waals surface area contributed by atoms with Gasteiger partial charge in [-0.15, -0.1) is 0 Å². The molecule has 1 aromatic rings. The van der Waals surface area contributed by atoms with Crippen LogP contribution in [0.1, 0.15) is 36.8 Å². The number of hydrogen-bond donors (Lipinski definition) is 1. The van der Waals surface area contributed by atoms with E-state index in [4.69, 9.17) is 9.52 Å². The first-order valence-electron chi connectivity index (χ1n) is 6.00. The normalized spacial score (nSPS) is 21.6. The number of nitrogens with zero attached hydrogens (tertiary/aromatic N) is 2. The van der Waals surface area contributed by atoms with E-state index in [0.717, 1.165) is 25.2 Å². The Morgan fingerprint density at radius 3 is 3.24 bits per heavy atom. The van der Waals surface area contributed by atoms with E-state index in [1.807, 2.05) is 0 Å². The van der Waals surface area contributed by atoms with Crippen molar-refractivity contribution in [3.8, 4) is 0 Å². The maximum absolute atomic E-state index is 10.4. The van der Waals surface area contributed by atoms with Gasteiger partial charge in [-0.25, -0.2) is 4.98 Å². The van der Waals surface area contributed by atoms with Crippen molar-refractivity contribution in [2.45, 2.75) is 31.6 Å². The number of hydrogen-bond acceptors (Lipinski definition) is 4. The molecule has 0 aromatic carbocycles. The number of carboxylic acids is 1. The second-order valence-electron chi connectivity index (χ2n) is 4.66. The van der Waals surface area contributed by atoms with Crippen LogP contribution in [0.25, 0.3) is 0 Å². The number of oxazole rings is 1. The molecule has 0 aliphatic carbocycles. The lowest BCUT2D eigenvalue weighted by molar-refractivity contribution is -0.137. The molecule has 2 rings (SSSR count). The Morgan fingerprint density at radius 2 is 2.53 bits per heavy atom. The molecular formula is C12H18N2O3. The monoisotopic (exact) mass is 238 g/mol. The van der Waals surface area contributed by atoms with Gasteiger partial charge in [-0.3, -0.25) is 4.79 Å². The molecule has 0 radical (unpaired) electrons. The van der Waals surface area contributed by atoms with Crippen LogP contribution in [0.2, 0.25) is 0 Å². The lowest BCUT2D eigenvalue weighted by Crippen LogP contribution is -2.30. The Balaban J connectivity index is 1.95. The van der Waals surface area contributed by atoms with Crippen LogP contribution in [-0.4, -0.2) is 41.1 Å². The first kappa shape index (κ1) is 12.1. The van der Waals surface area contributed by atoms with Gasteiger partial charge >= 0.3 is 5.97 Å². The zero-order chi connectivity index (χ0) is 12.3. The highest BCUT2D eigenvalue weighted by Crippen LogP contribution is 2.25. The SMILES string of the molecule is CN1CCCC(c2coc(CCC(=O)O)n2)C1. The van der Waals surface area contributed by atoms with Gasteiger partial charge in [0.2, 0.25) is 0 Å². The van der Waals surface area contributed by atoms with Crippen molar-refractivity contribution >= 4 is 5.97 Å². The quantitative estimate of drug-likeness (QED) is 0.861. The predicted molar refractivity (Wildman–Crippen MR) is 61.9 cm³/mol. The van der Waals surface area contributed by atoms with Crippen molar-refractivity contribution in [3.05, 3.63) is 17.8 Å². The molecule has 0 amide bonds. The molecular weight excluding hydrogens is 220 g/mol. The second-order valence-corrected chi connectivity index (χ2v) is 4.66. The number of piperidine rings is 1. The zero-order valence-corrected chi connectivity index (χ0v) is 10.1. The average Bonchev–Trinajstić information content (AvgIpc) is 2.75. The maximum Gasteiger partial charge on any atom is 0.303 e. The molecule has 1 aromatic heterocycles. The third kappa shape index (κ3) is 3.30. The van der Waals surface area contributed by atoms with Gasteiger partial charge in [0.15, 0.2) is 5.89 Å². The molecule has 1 atom stereocenters. The summed E-state index contributed by atoms with van der Waals surface area (Å²) >= 11 is 0. The molecule has 1 fully saturated rings. The van der Waals surface area contributed by atoms with Gasteiger partial charge < -0.3 is 14.4 Å². The number of aromatic nitrogens is 1. The van der Waals surface area contributed by atoms with E-state index in [1.165, 1.54) is 6.42 Å².